The summed E-state index contributed by atoms with van der Waals surface area (Å²) in [6.45, 7) is 6.34. The maximum atomic E-state index is 5.91. The van der Waals surface area contributed by atoms with Crippen molar-refractivity contribution < 1.29 is 0 Å². The van der Waals surface area contributed by atoms with E-state index >= 15 is 0 Å². The lowest BCUT2D eigenvalue weighted by molar-refractivity contribution is 0.784. The average molecular weight is 242 g/mol. The van der Waals surface area contributed by atoms with Crippen molar-refractivity contribution in [2.75, 3.05) is 0 Å². The van der Waals surface area contributed by atoms with Crippen molar-refractivity contribution in [1.82, 2.24) is 4.98 Å². The zero-order valence-electron chi connectivity index (χ0n) is 11.5. The topological polar surface area (TPSA) is 38.9 Å². The van der Waals surface area contributed by atoms with Crippen LogP contribution in [0.25, 0.3) is 10.9 Å². The number of unbranched alkanes of at least 4 members (excludes halogenated alkanes) is 1. The number of nitrogens with zero attached hydrogens (tertiary/aromatic N) is 1. The summed E-state index contributed by atoms with van der Waals surface area (Å²) in [4.78, 5) is 4.63. The zero-order chi connectivity index (χ0) is 13.1. The first-order chi connectivity index (χ1) is 8.61. The summed E-state index contributed by atoms with van der Waals surface area (Å²) in [6, 6.07) is 8.69. The van der Waals surface area contributed by atoms with E-state index in [0.29, 0.717) is 0 Å². The van der Waals surface area contributed by atoms with Crippen molar-refractivity contribution in [2.45, 2.75) is 46.1 Å². The van der Waals surface area contributed by atoms with E-state index in [-0.39, 0.29) is 6.04 Å². The predicted molar refractivity (Wildman–Crippen MR) is 77.7 cm³/mol. The summed E-state index contributed by atoms with van der Waals surface area (Å²) in [5.41, 5.74) is 10.6. The molecule has 2 aromatic rings. The first-order valence-electron chi connectivity index (χ1n) is 6.77. The van der Waals surface area contributed by atoms with Crippen molar-refractivity contribution in [3.63, 3.8) is 0 Å². The summed E-state index contributed by atoms with van der Waals surface area (Å²) in [7, 11) is 0. The van der Waals surface area contributed by atoms with Gasteiger partial charge in [-0.3, -0.25) is 4.98 Å². The fourth-order valence-corrected chi connectivity index (χ4v) is 2.24. The Morgan fingerprint density at radius 3 is 2.72 bits per heavy atom. The summed E-state index contributed by atoms with van der Waals surface area (Å²) < 4.78 is 0. The van der Waals surface area contributed by atoms with E-state index in [1.807, 2.05) is 6.92 Å². The van der Waals surface area contributed by atoms with Crippen molar-refractivity contribution in [1.29, 1.82) is 0 Å². The highest BCUT2D eigenvalue weighted by Gasteiger charge is 2.06. The number of benzene rings is 1. The number of fused-ring (bicyclic) bond motifs is 1. The number of nitrogens with two attached hydrogens (primary N) is 1. The van der Waals surface area contributed by atoms with Crippen molar-refractivity contribution in [2.24, 2.45) is 5.73 Å². The van der Waals surface area contributed by atoms with Gasteiger partial charge in [0, 0.05) is 11.4 Å². The smallest absolute Gasteiger partial charge is 0.0708 e. The zero-order valence-corrected chi connectivity index (χ0v) is 11.5. The molecule has 0 aliphatic heterocycles. The van der Waals surface area contributed by atoms with Crippen molar-refractivity contribution >= 4 is 10.9 Å². The van der Waals surface area contributed by atoms with Crippen LogP contribution in [0.1, 0.15) is 49.6 Å². The maximum Gasteiger partial charge on any atom is 0.0708 e. The van der Waals surface area contributed by atoms with Crippen LogP contribution in [-0.2, 0) is 6.42 Å². The third-order valence-electron chi connectivity index (χ3n) is 3.39. The molecule has 0 radical (unpaired) electrons. The Morgan fingerprint density at radius 1 is 1.28 bits per heavy atom. The number of hydrogen-bond donors (Lipinski definition) is 1. The van der Waals surface area contributed by atoms with E-state index in [1.54, 1.807) is 0 Å². The second kappa shape index (κ2) is 5.49. The lowest BCUT2D eigenvalue weighted by Gasteiger charge is -2.10. The minimum Gasteiger partial charge on any atom is -0.323 e. The predicted octanol–water partition coefficient (Wildman–Crippen LogP) is 3.91. The number of hydrogen-bond acceptors (Lipinski definition) is 2. The van der Waals surface area contributed by atoms with Gasteiger partial charge in [0.05, 0.1) is 11.2 Å². The Bertz CT molecular complexity index is 544. The summed E-state index contributed by atoms with van der Waals surface area (Å²) in [5.74, 6) is 0. The lowest BCUT2D eigenvalue weighted by Crippen LogP contribution is -2.07. The van der Waals surface area contributed by atoms with Gasteiger partial charge < -0.3 is 5.73 Å². The molecular formula is C16H22N2. The Kier molecular flexibility index (Phi) is 3.97. The van der Waals surface area contributed by atoms with Gasteiger partial charge in [0.15, 0.2) is 0 Å². The summed E-state index contributed by atoms with van der Waals surface area (Å²) in [5, 5.41) is 1.26. The monoisotopic (exact) mass is 242 g/mol. The van der Waals surface area contributed by atoms with Gasteiger partial charge in [-0.15, -0.1) is 0 Å². The third kappa shape index (κ3) is 2.70. The van der Waals surface area contributed by atoms with Crippen LogP contribution in [0.5, 0.6) is 0 Å². The molecular weight excluding hydrogens is 220 g/mol. The average Bonchev–Trinajstić information content (AvgIpc) is 2.36. The second-order valence-corrected chi connectivity index (χ2v) is 5.11. The van der Waals surface area contributed by atoms with Crippen LogP contribution in [0.2, 0.25) is 0 Å². The molecule has 18 heavy (non-hydrogen) atoms. The Balaban J connectivity index is 2.44. The molecule has 1 heterocycles. The molecule has 0 spiro atoms. The Hall–Kier alpha value is -1.41. The first-order valence-corrected chi connectivity index (χ1v) is 6.77. The molecule has 96 valence electrons. The molecule has 1 aromatic carbocycles. The highest BCUT2D eigenvalue weighted by Crippen LogP contribution is 2.22. The largest absolute Gasteiger partial charge is 0.323 e. The number of pyridine rings is 1. The second-order valence-electron chi connectivity index (χ2n) is 5.11. The van der Waals surface area contributed by atoms with Crippen molar-refractivity contribution in [3.8, 4) is 0 Å². The molecule has 0 aliphatic carbocycles. The van der Waals surface area contributed by atoms with E-state index in [0.717, 1.165) is 17.6 Å². The Morgan fingerprint density at radius 2 is 2.06 bits per heavy atom. The number of aryl methyl sites for hydroxylation is 2. The highest BCUT2D eigenvalue weighted by atomic mass is 14.8. The molecule has 0 bridgehead atoms. The van der Waals surface area contributed by atoms with E-state index < -0.39 is 0 Å². The summed E-state index contributed by atoms with van der Waals surface area (Å²) >= 11 is 0. The van der Waals surface area contributed by atoms with Crippen LogP contribution in [0.4, 0.5) is 0 Å². The van der Waals surface area contributed by atoms with Gasteiger partial charge in [-0.1, -0.05) is 19.4 Å². The maximum absolute atomic E-state index is 5.91. The van der Waals surface area contributed by atoms with Crippen LogP contribution >= 0.6 is 0 Å². The molecule has 1 atom stereocenters. The molecule has 1 aromatic heterocycles. The van der Waals surface area contributed by atoms with Crippen LogP contribution < -0.4 is 5.73 Å². The van der Waals surface area contributed by atoms with E-state index in [4.69, 9.17) is 5.73 Å². The SMILES string of the molecule is CCCCc1ccc2nc(C(C)N)cc(C)c2c1. The highest BCUT2D eigenvalue weighted by molar-refractivity contribution is 5.83. The van der Waals surface area contributed by atoms with Gasteiger partial charge in [-0.25, -0.2) is 0 Å². The van der Waals surface area contributed by atoms with E-state index in [1.165, 1.54) is 29.4 Å². The number of aromatic nitrogens is 1. The molecule has 0 saturated carbocycles. The standard InChI is InChI=1S/C16H22N2/c1-4-5-6-13-7-8-15-14(10-13)11(2)9-16(18-15)12(3)17/h7-10,12H,4-6,17H2,1-3H3. The van der Waals surface area contributed by atoms with Crippen LogP contribution in [-0.4, -0.2) is 4.98 Å². The van der Waals surface area contributed by atoms with Gasteiger partial charge in [0.2, 0.25) is 0 Å². The van der Waals surface area contributed by atoms with Crippen LogP contribution in [0.15, 0.2) is 24.3 Å². The van der Waals surface area contributed by atoms with E-state index in [2.05, 4.69) is 43.1 Å². The quantitative estimate of drug-likeness (QED) is 0.883. The Labute approximate surface area is 109 Å². The first kappa shape index (κ1) is 13.0. The van der Waals surface area contributed by atoms with E-state index in [9.17, 15) is 0 Å². The molecule has 0 amide bonds. The normalized spacial score (nSPS) is 12.9. The summed E-state index contributed by atoms with van der Waals surface area (Å²) in [6.07, 6.45) is 3.63. The van der Waals surface area contributed by atoms with Gasteiger partial charge in [-0.05, 0) is 56.0 Å². The lowest BCUT2D eigenvalue weighted by atomic mass is 10.0. The molecule has 1 unspecified atom stereocenters. The van der Waals surface area contributed by atoms with Gasteiger partial charge in [0.1, 0.15) is 0 Å². The molecule has 0 fully saturated rings. The van der Waals surface area contributed by atoms with Gasteiger partial charge in [0.25, 0.3) is 0 Å². The fourth-order valence-electron chi connectivity index (χ4n) is 2.24. The van der Waals surface area contributed by atoms with Crippen LogP contribution in [0.3, 0.4) is 0 Å². The third-order valence-corrected chi connectivity index (χ3v) is 3.39. The van der Waals surface area contributed by atoms with Gasteiger partial charge in [-0.2, -0.15) is 0 Å². The minimum atomic E-state index is -0.00660. The fraction of sp³-hybridized carbons (Fsp3) is 0.438. The molecule has 2 rings (SSSR count). The molecule has 2 heteroatoms. The minimum absolute atomic E-state index is 0.00660. The molecule has 2 nitrogen and oxygen atoms in total. The van der Waals surface area contributed by atoms with Crippen molar-refractivity contribution in [3.05, 3.63) is 41.1 Å². The molecule has 0 aliphatic rings. The van der Waals surface area contributed by atoms with Crippen LogP contribution in [0, 0.1) is 6.92 Å². The number of rotatable bonds is 4. The van der Waals surface area contributed by atoms with Gasteiger partial charge >= 0.3 is 0 Å². The molecule has 0 saturated heterocycles. The molecule has 2 N–H and O–H groups in total.